The van der Waals surface area contributed by atoms with E-state index in [1.54, 1.807) is 0 Å². The molecule has 0 fully saturated rings. The molecule has 4 nitrogen and oxygen atoms in total. The Morgan fingerprint density at radius 3 is 1.29 bits per heavy atom. The summed E-state index contributed by atoms with van der Waals surface area (Å²) in [5.41, 5.74) is 10.8. The fourth-order valence-corrected chi connectivity index (χ4v) is 1.20. The van der Waals surface area contributed by atoms with Gasteiger partial charge < -0.3 is 22.1 Å². The van der Waals surface area contributed by atoms with Gasteiger partial charge in [-0.05, 0) is 65.0 Å². The van der Waals surface area contributed by atoms with Crippen LogP contribution in [0.25, 0.3) is 0 Å². The van der Waals surface area contributed by atoms with Crippen molar-refractivity contribution in [3.8, 4) is 0 Å². The highest BCUT2D eigenvalue weighted by Gasteiger charge is 1.89. The van der Waals surface area contributed by atoms with Gasteiger partial charge in [0.1, 0.15) is 0 Å². The van der Waals surface area contributed by atoms with Gasteiger partial charge in [0.05, 0.1) is 0 Å². The summed E-state index contributed by atoms with van der Waals surface area (Å²) in [5.74, 6) is 0. The Bertz CT molecular complexity index is 86.1. The molecule has 0 aromatic rings. The second kappa shape index (κ2) is 12.8. The average Bonchev–Trinajstić information content (AvgIpc) is 2.21. The zero-order chi connectivity index (χ0) is 10.5. The van der Waals surface area contributed by atoms with Crippen molar-refractivity contribution in [3.63, 3.8) is 0 Å². The quantitative estimate of drug-likeness (QED) is 0.274. The first kappa shape index (κ1) is 13.8. The van der Waals surface area contributed by atoms with Crippen LogP contribution in [-0.4, -0.2) is 39.3 Å². The van der Waals surface area contributed by atoms with Gasteiger partial charge in [-0.25, -0.2) is 0 Å². The van der Waals surface area contributed by atoms with Crippen LogP contribution in [0.15, 0.2) is 0 Å². The molecule has 4 heteroatoms. The first-order chi connectivity index (χ1) is 6.91. The molecule has 0 aromatic heterocycles. The maximum atomic E-state index is 5.38. The molecule has 0 heterocycles. The molecule has 0 aliphatic heterocycles. The minimum absolute atomic E-state index is 0.785. The van der Waals surface area contributed by atoms with E-state index in [0.717, 1.165) is 52.1 Å². The molecule has 0 amide bonds. The standard InChI is InChI=1S/C10H26N4/c11-5-3-9-13-7-1-2-8-14-10-4-6-12/h13-14H,1-12H2/i9+1,10+1. The van der Waals surface area contributed by atoms with Gasteiger partial charge in [0, 0.05) is 0 Å². The van der Waals surface area contributed by atoms with E-state index in [2.05, 4.69) is 10.6 Å². The van der Waals surface area contributed by atoms with Crippen LogP contribution in [0.1, 0.15) is 25.7 Å². The number of hydrogen-bond acceptors (Lipinski definition) is 4. The van der Waals surface area contributed by atoms with E-state index in [1.807, 2.05) is 0 Å². The van der Waals surface area contributed by atoms with E-state index in [1.165, 1.54) is 12.8 Å². The molecule has 0 bridgehead atoms. The van der Waals surface area contributed by atoms with Gasteiger partial charge >= 0.3 is 0 Å². The van der Waals surface area contributed by atoms with Crippen molar-refractivity contribution in [1.29, 1.82) is 0 Å². The Hall–Kier alpha value is -0.160. The fraction of sp³-hybridized carbons (Fsp3) is 1.00. The van der Waals surface area contributed by atoms with Crippen LogP contribution >= 0.6 is 0 Å². The van der Waals surface area contributed by atoms with Crippen LogP contribution in [0.5, 0.6) is 0 Å². The second-order valence-corrected chi connectivity index (χ2v) is 3.49. The van der Waals surface area contributed by atoms with Gasteiger partial charge in [-0.1, -0.05) is 0 Å². The van der Waals surface area contributed by atoms with Crippen molar-refractivity contribution >= 4 is 0 Å². The zero-order valence-electron chi connectivity index (χ0n) is 9.23. The van der Waals surface area contributed by atoms with E-state index in [0.29, 0.717) is 0 Å². The molecule has 0 aliphatic rings. The smallest absolute Gasteiger partial charge is 0.00369 e. The molecule has 0 saturated heterocycles. The van der Waals surface area contributed by atoms with Gasteiger partial charge in [0.15, 0.2) is 0 Å². The maximum absolute atomic E-state index is 5.38. The average molecular weight is 204 g/mol. The van der Waals surface area contributed by atoms with Gasteiger partial charge in [-0.2, -0.15) is 0 Å². The molecule has 0 aromatic carbocycles. The molecule has 0 rings (SSSR count). The molecule has 0 saturated carbocycles. The lowest BCUT2D eigenvalue weighted by molar-refractivity contribution is 0.570. The summed E-state index contributed by atoms with van der Waals surface area (Å²) in [5, 5.41) is 6.72. The van der Waals surface area contributed by atoms with Crippen molar-refractivity contribution in [2.45, 2.75) is 25.7 Å². The molecule has 0 aliphatic carbocycles. The summed E-state index contributed by atoms with van der Waals surface area (Å²) in [4.78, 5) is 0. The van der Waals surface area contributed by atoms with E-state index in [9.17, 15) is 0 Å². The summed E-state index contributed by atoms with van der Waals surface area (Å²) < 4.78 is 0. The van der Waals surface area contributed by atoms with Crippen molar-refractivity contribution < 1.29 is 0 Å². The van der Waals surface area contributed by atoms with Crippen molar-refractivity contribution in [2.75, 3.05) is 39.3 Å². The van der Waals surface area contributed by atoms with E-state index >= 15 is 0 Å². The lowest BCUT2D eigenvalue weighted by atomic mass is 10.3. The Morgan fingerprint density at radius 2 is 0.929 bits per heavy atom. The summed E-state index contributed by atoms with van der Waals surface area (Å²) >= 11 is 0. The Morgan fingerprint density at radius 1 is 0.571 bits per heavy atom. The normalized spacial score (nSPS) is 10.7. The molecule has 0 radical (unpaired) electrons. The third-order valence-electron chi connectivity index (χ3n) is 2.07. The fourth-order valence-electron chi connectivity index (χ4n) is 1.20. The van der Waals surface area contributed by atoms with Crippen molar-refractivity contribution in [2.24, 2.45) is 11.5 Å². The SMILES string of the molecule is NCC[13CH2]NCCCCN[13CH2]CCN. The first-order valence-electron chi connectivity index (χ1n) is 5.73. The Balaban J connectivity index is 2.78. The summed E-state index contributed by atoms with van der Waals surface area (Å²) in [7, 11) is 0. The predicted octanol–water partition coefficient (Wildman–Crippen LogP) is -0.357. The predicted molar refractivity (Wildman–Crippen MR) is 62.3 cm³/mol. The van der Waals surface area contributed by atoms with Crippen molar-refractivity contribution in [3.05, 3.63) is 0 Å². The summed E-state index contributed by atoms with van der Waals surface area (Å²) in [6, 6.07) is 0. The Labute approximate surface area is 87.8 Å². The molecule has 0 atom stereocenters. The van der Waals surface area contributed by atoms with Gasteiger partial charge in [-0.3, -0.25) is 0 Å². The van der Waals surface area contributed by atoms with Crippen LogP contribution in [0.3, 0.4) is 0 Å². The minimum Gasteiger partial charge on any atom is -0.330 e. The molecule has 0 spiro atoms. The first-order valence-corrected chi connectivity index (χ1v) is 5.73. The minimum atomic E-state index is 0.785. The number of unbranched alkanes of at least 4 members (excludes halogenated alkanes) is 1. The number of nitrogens with one attached hydrogen (secondary N) is 2. The topological polar surface area (TPSA) is 76.1 Å². The van der Waals surface area contributed by atoms with Crippen molar-refractivity contribution in [1.82, 2.24) is 10.6 Å². The lowest BCUT2D eigenvalue weighted by Gasteiger charge is -2.04. The van der Waals surface area contributed by atoms with Gasteiger partial charge in [-0.15, -0.1) is 0 Å². The van der Waals surface area contributed by atoms with E-state index in [4.69, 9.17) is 11.5 Å². The monoisotopic (exact) mass is 204 g/mol. The highest BCUT2D eigenvalue weighted by molar-refractivity contribution is 4.52. The molecular weight excluding hydrogens is 178 g/mol. The zero-order valence-corrected chi connectivity index (χ0v) is 9.23. The van der Waals surface area contributed by atoms with Gasteiger partial charge in [0.25, 0.3) is 0 Å². The molecular formula is C10H26N4. The highest BCUT2D eigenvalue weighted by atomic mass is 15.0. The third kappa shape index (κ3) is 11.8. The summed E-state index contributed by atoms with van der Waals surface area (Å²) in [6.07, 6.45) is 4.63. The number of nitrogens with two attached hydrogens (primary N) is 2. The third-order valence-corrected chi connectivity index (χ3v) is 2.07. The Kier molecular flexibility index (Phi) is 12.7. The van der Waals surface area contributed by atoms with Crippen LogP contribution < -0.4 is 22.1 Å². The van der Waals surface area contributed by atoms with Crippen LogP contribution in [0.4, 0.5) is 0 Å². The molecule has 14 heavy (non-hydrogen) atoms. The summed E-state index contributed by atoms with van der Waals surface area (Å²) in [6.45, 7) is 5.90. The largest absolute Gasteiger partial charge is 0.330 e. The van der Waals surface area contributed by atoms with Gasteiger partial charge in [0.2, 0.25) is 0 Å². The molecule has 6 N–H and O–H groups in total. The number of rotatable bonds is 11. The molecule has 86 valence electrons. The van der Waals surface area contributed by atoms with Crippen LogP contribution in [-0.2, 0) is 0 Å². The maximum Gasteiger partial charge on any atom is -0.00369 e. The molecule has 0 unspecified atom stereocenters. The van der Waals surface area contributed by atoms with E-state index < -0.39 is 0 Å². The van der Waals surface area contributed by atoms with Crippen LogP contribution in [0, 0.1) is 0 Å². The van der Waals surface area contributed by atoms with Crippen LogP contribution in [0.2, 0.25) is 0 Å². The number of hydrogen-bond donors (Lipinski definition) is 4. The highest BCUT2D eigenvalue weighted by Crippen LogP contribution is 1.84. The second-order valence-electron chi connectivity index (χ2n) is 3.49. The lowest BCUT2D eigenvalue weighted by Crippen LogP contribution is -2.22. The van der Waals surface area contributed by atoms with E-state index in [-0.39, 0.29) is 0 Å².